The highest BCUT2D eigenvalue weighted by Crippen LogP contribution is 2.22. The third kappa shape index (κ3) is 3.78. The van der Waals surface area contributed by atoms with Crippen molar-refractivity contribution in [1.82, 2.24) is 0 Å². The van der Waals surface area contributed by atoms with Gasteiger partial charge in [-0.25, -0.2) is 5.14 Å². The Morgan fingerprint density at radius 3 is 2.56 bits per heavy atom. The summed E-state index contributed by atoms with van der Waals surface area (Å²) in [4.78, 5) is 0. The van der Waals surface area contributed by atoms with Gasteiger partial charge in [-0.1, -0.05) is 12.1 Å². The van der Waals surface area contributed by atoms with Crippen molar-refractivity contribution in [3.05, 3.63) is 29.8 Å². The number of hydrogen-bond acceptors (Lipinski definition) is 5. The molecule has 1 aromatic rings. The summed E-state index contributed by atoms with van der Waals surface area (Å²) in [6.07, 6.45) is -2.22. The number of rotatable bonds is 4. The molecule has 0 unspecified atom stereocenters. The van der Waals surface area contributed by atoms with Crippen molar-refractivity contribution in [1.29, 1.82) is 0 Å². The van der Waals surface area contributed by atoms with E-state index in [1.54, 1.807) is 0 Å². The first-order valence-corrected chi connectivity index (χ1v) is 5.95. The van der Waals surface area contributed by atoms with Crippen LogP contribution in [0.5, 0.6) is 5.75 Å². The molecular weight excluding hydrogens is 234 g/mol. The highest BCUT2D eigenvalue weighted by Gasteiger charge is 2.21. The number of aromatic hydroxyl groups is 1. The average molecular weight is 247 g/mol. The van der Waals surface area contributed by atoms with Gasteiger partial charge >= 0.3 is 10.3 Å². The van der Waals surface area contributed by atoms with Gasteiger partial charge < -0.3 is 10.2 Å². The van der Waals surface area contributed by atoms with Crippen molar-refractivity contribution in [2.45, 2.75) is 19.1 Å². The molecule has 6 nitrogen and oxygen atoms in total. The van der Waals surface area contributed by atoms with E-state index in [-0.39, 0.29) is 5.75 Å². The van der Waals surface area contributed by atoms with E-state index in [1.165, 1.54) is 31.2 Å². The Hall–Kier alpha value is -1.15. The summed E-state index contributed by atoms with van der Waals surface area (Å²) in [7, 11) is -4.11. The molecule has 0 saturated carbocycles. The minimum Gasteiger partial charge on any atom is -0.508 e. The standard InChI is InChI=1S/C9H13NO5S/c1-6(15-16(10,13)14)9(12)7-3-2-4-8(11)5-7/h2-6,9,11-12H,1H3,(H2,10,13,14)/t6-,9+/m0/s1. The second kappa shape index (κ2) is 4.79. The Kier molecular flexibility index (Phi) is 3.87. The van der Waals surface area contributed by atoms with E-state index in [0.29, 0.717) is 5.56 Å². The van der Waals surface area contributed by atoms with Gasteiger partial charge in [0.15, 0.2) is 0 Å². The number of nitrogens with two attached hydrogens (primary N) is 1. The normalized spacial score (nSPS) is 15.7. The van der Waals surface area contributed by atoms with Gasteiger partial charge in [0.1, 0.15) is 18.0 Å². The number of phenols is 1. The summed E-state index contributed by atoms with van der Waals surface area (Å²) in [5.41, 5.74) is 0.344. The molecule has 0 heterocycles. The van der Waals surface area contributed by atoms with Crippen LogP contribution in [0.1, 0.15) is 18.6 Å². The molecule has 0 amide bonds. The van der Waals surface area contributed by atoms with Gasteiger partial charge in [-0.05, 0) is 24.6 Å². The lowest BCUT2D eigenvalue weighted by atomic mass is 10.1. The molecule has 4 N–H and O–H groups in total. The van der Waals surface area contributed by atoms with Crippen LogP contribution >= 0.6 is 0 Å². The lowest BCUT2D eigenvalue weighted by Crippen LogP contribution is -2.26. The molecule has 0 radical (unpaired) electrons. The molecule has 0 aliphatic heterocycles. The second-order valence-corrected chi connectivity index (χ2v) is 4.51. The molecule has 0 aromatic heterocycles. The quantitative estimate of drug-likeness (QED) is 0.695. The molecule has 0 aliphatic carbocycles. The summed E-state index contributed by atoms with van der Waals surface area (Å²) in [5.74, 6) is -0.0284. The third-order valence-corrected chi connectivity index (χ3v) is 2.51. The van der Waals surface area contributed by atoms with Gasteiger partial charge in [0.05, 0.1) is 0 Å². The molecule has 7 heteroatoms. The Balaban J connectivity index is 2.82. The first-order valence-electron chi connectivity index (χ1n) is 4.47. The van der Waals surface area contributed by atoms with Crippen molar-refractivity contribution in [2.75, 3.05) is 0 Å². The zero-order valence-electron chi connectivity index (χ0n) is 8.57. The minimum absolute atomic E-state index is 0.0284. The van der Waals surface area contributed by atoms with Crippen molar-refractivity contribution in [3.8, 4) is 5.75 Å². The predicted octanol–water partition coefficient (Wildman–Crippen LogP) is 0.0342. The summed E-state index contributed by atoms with van der Waals surface area (Å²) in [6, 6.07) is 5.81. The summed E-state index contributed by atoms with van der Waals surface area (Å²) in [5, 5.41) is 23.6. The molecule has 0 aliphatic rings. The molecule has 0 fully saturated rings. The molecule has 0 saturated heterocycles. The SMILES string of the molecule is C[C@H](OS(N)(=O)=O)[C@@H](O)c1cccc(O)c1. The monoisotopic (exact) mass is 247 g/mol. The van der Waals surface area contributed by atoms with Crippen molar-refractivity contribution in [2.24, 2.45) is 5.14 Å². The van der Waals surface area contributed by atoms with Crippen LogP contribution in [0.3, 0.4) is 0 Å². The zero-order chi connectivity index (χ0) is 12.3. The van der Waals surface area contributed by atoms with Gasteiger partial charge in [0.2, 0.25) is 0 Å². The number of benzene rings is 1. The Morgan fingerprint density at radius 2 is 2.06 bits per heavy atom. The van der Waals surface area contributed by atoms with Crippen molar-refractivity contribution < 1.29 is 22.8 Å². The first kappa shape index (κ1) is 12.9. The number of phenolic OH excluding ortho intramolecular Hbond substituents is 1. The summed E-state index contributed by atoms with van der Waals surface area (Å²) < 4.78 is 25.7. The van der Waals surface area contributed by atoms with Crippen LogP contribution in [0, 0.1) is 0 Å². The van der Waals surface area contributed by atoms with Crippen molar-refractivity contribution >= 4 is 10.3 Å². The van der Waals surface area contributed by atoms with E-state index in [1.807, 2.05) is 0 Å². The highest BCUT2D eigenvalue weighted by atomic mass is 32.2. The molecule has 1 aromatic carbocycles. The zero-order valence-corrected chi connectivity index (χ0v) is 9.39. The second-order valence-electron chi connectivity index (χ2n) is 3.33. The van der Waals surface area contributed by atoms with Crippen LogP contribution in [0.2, 0.25) is 0 Å². The fraction of sp³-hybridized carbons (Fsp3) is 0.333. The predicted molar refractivity (Wildman–Crippen MR) is 56.7 cm³/mol. The van der Waals surface area contributed by atoms with Crippen molar-refractivity contribution in [3.63, 3.8) is 0 Å². The molecule has 0 spiro atoms. The summed E-state index contributed by atoms with van der Waals surface area (Å²) >= 11 is 0. The van der Waals surface area contributed by atoms with Crippen LogP contribution in [-0.2, 0) is 14.5 Å². The lowest BCUT2D eigenvalue weighted by Gasteiger charge is -2.18. The van der Waals surface area contributed by atoms with Gasteiger partial charge in [0.25, 0.3) is 0 Å². The number of aliphatic hydroxyl groups excluding tert-OH is 1. The first-order chi connectivity index (χ1) is 7.29. The third-order valence-electron chi connectivity index (χ3n) is 1.94. The van der Waals surface area contributed by atoms with Gasteiger partial charge in [0, 0.05) is 0 Å². The molecule has 0 bridgehead atoms. The lowest BCUT2D eigenvalue weighted by molar-refractivity contribution is 0.0507. The average Bonchev–Trinajstić information content (AvgIpc) is 2.14. The highest BCUT2D eigenvalue weighted by molar-refractivity contribution is 7.84. The van der Waals surface area contributed by atoms with Gasteiger partial charge in [-0.3, -0.25) is 4.18 Å². The molecule has 90 valence electrons. The fourth-order valence-electron chi connectivity index (χ4n) is 1.24. The molecule has 2 atom stereocenters. The van der Waals surface area contributed by atoms with E-state index in [2.05, 4.69) is 9.32 Å². The Morgan fingerprint density at radius 1 is 1.44 bits per heavy atom. The van der Waals surface area contributed by atoms with Gasteiger partial charge in [-0.2, -0.15) is 8.42 Å². The molecule has 16 heavy (non-hydrogen) atoms. The van der Waals surface area contributed by atoms with Crippen LogP contribution < -0.4 is 5.14 Å². The van der Waals surface area contributed by atoms with Gasteiger partial charge in [-0.15, -0.1) is 0 Å². The van der Waals surface area contributed by atoms with Crippen LogP contribution in [0.15, 0.2) is 24.3 Å². The molecular formula is C9H13NO5S. The van der Waals surface area contributed by atoms with E-state index in [4.69, 9.17) is 0 Å². The topological polar surface area (TPSA) is 110 Å². The van der Waals surface area contributed by atoms with E-state index in [9.17, 15) is 18.6 Å². The van der Waals surface area contributed by atoms with E-state index < -0.39 is 22.5 Å². The largest absolute Gasteiger partial charge is 0.508 e. The molecule has 1 rings (SSSR count). The maximum absolute atomic E-state index is 10.6. The van der Waals surface area contributed by atoms with E-state index >= 15 is 0 Å². The van der Waals surface area contributed by atoms with Crippen LogP contribution in [0.4, 0.5) is 0 Å². The smallest absolute Gasteiger partial charge is 0.333 e. The maximum Gasteiger partial charge on any atom is 0.333 e. The van der Waals surface area contributed by atoms with Crippen LogP contribution in [0.25, 0.3) is 0 Å². The Labute approximate surface area is 93.5 Å². The fourth-order valence-corrected chi connectivity index (χ4v) is 1.77. The number of aliphatic hydroxyl groups is 1. The maximum atomic E-state index is 10.6. The van der Waals surface area contributed by atoms with E-state index in [0.717, 1.165) is 0 Å². The summed E-state index contributed by atoms with van der Waals surface area (Å²) in [6.45, 7) is 1.36. The number of hydrogen-bond donors (Lipinski definition) is 3. The minimum atomic E-state index is -4.11. The Bertz CT molecular complexity index is 459. The van der Waals surface area contributed by atoms with Crippen LogP contribution in [-0.4, -0.2) is 24.7 Å².